The minimum atomic E-state index is 0.674. The largest absolute Gasteiger partial charge is 0.330 e. The summed E-state index contributed by atoms with van der Waals surface area (Å²) in [7, 11) is 0. The molecule has 26 heavy (non-hydrogen) atoms. The van der Waals surface area contributed by atoms with E-state index in [9.17, 15) is 0 Å². The van der Waals surface area contributed by atoms with E-state index in [0.29, 0.717) is 18.5 Å². The van der Waals surface area contributed by atoms with Gasteiger partial charge in [-0.3, -0.25) is 0 Å². The minimum absolute atomic E-state index is 0.674. The van der Waals surface area contributed by atoms with Crippen molar-refractivity contribution in [1.82, 2.24) is 19.3 Å². The number of imidazole rings is 1. The number of hydrogen-bond donors (Lipinski definition) is 0. The molecule has 4 aromatic rings. The van der Waals surface area contributed by atoms with Gasteiger partial charge in [0.05, 0.1) is 23.5 Å². The smallest absolute Gasteiger partial charge is 0.113 e. The van der Waals surface area contributed by atoms with Crippen LogP contribution in [0.4, 0.5) is 0 Å². The highest BCUT2D eigenvalue weighted by Gasteiger charge is 2.08. The molecule has 0 aliphatic carbocycles. The molecule has 0 saturated carbocycles. The van der Waals surface area contributed by atoms with Gasteiger partial charge in [0.15, 0.2) is 0 Å². The molecule has 2 heterocycles. The lowest BCUT2D eigenvalue weighted by atomic mass is 10.1. The Hall–Kier alpha value is -3.65. The van der Waals surface area contributed by atoms with Crippen molar-refractivity contribution in [1.29, 1.82) is 5.26 Å². The van der Waals surface area contributed by atoms with Crippen LogP contribution in [0, 0.1) is 11.3 Å². The van der Waals surface area contributed by atoms with Crippen molar-refractivity contribution in [2.24, 2.45) is 0 Å². The first kappa shape index (κ1) is 15.9. The average molecular weight is 339 g/mol. The molecule has 0 atom stereocenters. The molecule has 0 unspecified atom stereocenters. The Kier molecular flexibility index (Phi) is 4.31. The Morgan fingerprint density at radius 1 is 1.00 bits per heavy atom. The topological polar surface area (TPSA) is 59.4 Å². The number of hydrogen-bond acceptors (Lipinski definition) is 3. The molecule has 5 heteroatoms. The molecular formula is C21H17N5. The lowest BCUT2D eigenvalue weighted by Crippen LogP contribution is -2.05. The zero-order chi connectivity index (χ0) is 17.8. The number of nitrogens with zero attached hydrogens (tertiary/aromatic N) is 5. The number of para-hydroxylation sites is 1. The highest BCUT2D eigenvalue weighted by atomic mass is 15.3. The van der Waals surface area contributed by atoms with Gasteiger partial charge in [-0.1, -0.05) is 30.3 Å². The fourth-order valence-electron chi connectivity index (χ4n) is 2.94. The summed E-state index contributed by atoms with van der Waals surface area (Å²) < 4.78 is 3.98. The second-order valence-electron chi connectivity index (χ2n) is 6.09. The third kappa shape index (κ3) is 3.40. The SMILES string of the molecule is N#Cc1cccc(Cn2ccnc2Cc2cnn(-c3ccccc3)c2)c1. The van der Waals surface area contributed by atoms with Gasteiger partial charge in [-0.25, -0.2) is 9.67 Å². The second kappa shape index (κ2) is 7.08. The van der Waals surface area contributed by atoms with E-state index in [1.165, 1.54) is 0 Å². The predicted octanol–water partition coefficient (Wildman–Crippen LogP) is 3.58. The maximum atomic E-state index is 9.06. The summed E-state index contributed by atoms with van der Waals surface area (Å²) in [6.45, 7) is 0.692. The van der Waals surface area contributed by atoms with E-state index in [1.807, 2.05) is 84.1 Å². The van der Waals surface area contributed by atoms with Crippen LogP contribution in [0.5, 0.6) is 0 Å². The summed E-state index contributed by atoms with van der Waals surface area (Å²) in [4.78, 5) is 4.49. The van der Waals surface area contributed by atoms with Crippen molar-refractivity contribution in [2.45, 2.75) is 13.0 Å². The highest BCUT2D eigenvalue weighted by molar-refractivity contribution is 5.33. The molecule has 0 aliphatic rings. The minimum Gasteiger partial charge on any atom is -0.330 e. The summed E-state index contributed by atoms with van der Waals surface area (Å²) >= 11 is 0. The van der Waals surface area contributed by atoms with Crippen LogP contribution in [-0.2, 0) is 13.0 Å². The highest BCUT2D eigenvalue weighted by Crippen LogP contribution is 2.13. The number of benzene rings is 2. The molecule has 126 valence electrons. The fourth-order valence-corrected chi connectivity index (χ4v) is 2.94. The van der Waals surface area contributed by atoms with Crippen LogP contribution < -0.4 is 0 Å². The zero-order valence-corrected chi connectivity index (χ0v) is 14.2. The van der Waals surface area contributed by atoms with E-state index in [4.69, 9.17) is 5.26 Å². The molecule has 0 bridgehead atoms. The molecular weight excluding hydrogens is 322 g/mol. The van der Waals surface area contributed by atoms with E-state index >= 15 is 0 Å². The molecule has 0 aliphatic heterocycles. The van der Waals surface area contributed by atoms with Gasteiger partial charge in [-0.2, -0.15) is 10.4 Å². The third-order valence-corrected chi connectivity index (χ3v) is 4.23. The van der Waals surface area contributed by atoms with Crippen LogP contribution >= 0.6 is 0 Å². The van der Waals surface area contributed by atoms with Gasteiger partial charge in [-0.15, -0.1) is 0 Å². The number of aromatic nitrogens is 4. The van der Waals surface area contributed by atoms with Crippen molar-refractivity contribution in [3.05, 3.63) is 102 Å². The first-order valence-electron chi connectivity index (χ1n) is 8.40. The lowest BCUT2D eigenvalue weighted by molar-refractivity contribution is 0.740. The molecule has 2 aromatic heterocycles. The van der Waals surface area contributed by atoms with Crippen LogP contribution in [-0.4, -0.2) is 19.3 Å². The first-order chi connectivity index (χ1) is 12.8. The molecule has 0 amide bonds. The van der Waals surface area contributed by atoms with Crippen LogP contribution in [0.1, 0.15) is 22.5 Å². The summed E-state index contributed by atoms with van der Waals surface area (Å²) in [5, 5.41) is 13.5. The van der Waals surface area contributed by atoms with E-state index in [0.717, 1.165) is 22.6 Å². The van der Waals surface area contributed by atoms with E-state index in [1.54, 1.807) is 0 Å². The van der Waals surface area contributed by atoms with Crippen LogP contribution in [0.2, 0.25) is 0 Å². The molecule has 0 saturated heterocycles. The van der Waals surface area contributed by atoms with E-state index in [-0.39, 0.29) is 0 Å². The summed E-state index contributed by atoms with van der Waals surface area (Å²) in [5.41, 5.74) is 3.90. The van der Waals surface area contributed by atoms with Crippen molar-refractivity contribution in [3.8, 4) is 11.8 Å². The summed E-state index contributed by atoms with van der Waals surface area (Å²) in [6, 6.07) is 19.9. The average Bonchev–Trinajstić information content (AvgIpc) is 3.33. The van der Waals surface area contributed by atoms with Crippen molar-refractivity contribution in [2.75, 3.05) is 0 Å². The number of rotatable bonds is 5. The molecule has 0 fully saturated rings. The van der Waals surface area contributed by atoms with Crippen molar-refractivity contribution >= 4 is 0 Å². The van der Waals surface area contributed by atoms with Crippen molar-refractivity contribution in [3.63, 3.8) is 0 Å². The van der Waals surface area contributed by atoms with Crippen molar-refractivity contribution < 1.29 is 0 Å². The molecule has 0 N–H and O–H groups in total. The summed E-state index contributed by atoms with van der Waals surface area (Å²) in [5.74, 6) is 0.972. The zero-order valence-electron chi connectivity index (χ0n) is 14.2. The first-order valence-corrected chi connectivity index (χ1v) is 8.40. The molecule has 0 radical (unpaired) electrons. The maximum absolute atomic E-state index is 9.06. The quantitative estimate of drug-likeness (QED) is 0.558. The van der Waals surface area contributed by atoms with E-state index in [2.05, 4.69) is 20.7 Å². The van der Waals surface area contributed by atoms with Gasteiger partial charge in [0.25, 0.3) is 0 Å². The molecule has 4 rings (SSSR count). The van der Waals surface area contributed by atoms with Crippen LogP contribution in [0.25, 0.3) is 5.69 Å². The predicted molar refractivity (Wildman–Crippen MR) is 98.9 cm³/mol. The van der Waals surface area contributed by atoms with Crippen LogP contribution in [0.15, 0.2) is 79.4 Å². The summed E-state index contributed by atoms with van der Waals surface area (Å²) in [6.07, 6.45) is 8.39. The Balaban J connectivity index is 1.53. The van der Waals surface area contributed by atoms with Gasteiger partial charge in [0, 0.05) is 31.6 Å². The van der Waals surface area contributed by atoms with E-state index < -0.39 is 0 Å². The normalized spacial score (nSPS) is 10.6. The molecule has 2 aromatic carbocycles. The van der Waals surface area contributed by atoms with Gasteiger partial charge in [-0.05, 0) is 35.4 Å². The van der Waals surface area contributed by atoms with Gasteiger partial charge in [0.1, 0.15) is 5.82 Å². The van der Waals surface area contributed by atoms with Gasteiger partial charge in [0.2, 0.25) is 0 Å². The standard InChI is InChI=1S/C21H17N5/c22-13-17-5-4-6-18(11-17)15-25-10-9-23-21(25)12-19-14-24-26(16-19)20-7-2-1-3-8-20/h1-11,14,16H,12,15H2. The Morgan fingerprint density at radius 3 is 2.73 bits per heavy atom. The molecule has 5 nitrogen and oxygen atoms in total. The second-order valence-corrected chi connectivity index (χ2v) is 6.09. The molecule has 0 spiro atoms. The third-order valence-electron chi connectivity index (χ3n) is 4.23. The lowest BCUT2D eigenvalue weighted by Gasteiger charge is -2.07. The monoisotopic (exact) mass is 339 g/mol. The Labute approximate surface area is 151 Å². The van der Waals surface area contributed by atoms with Gasteiger partial charge < -0.3 is 4.57 Å². The Bertz CT molecular complexity index is 1050. The number of nitriles is 1. The van der Waals surface area contributed by atoms with Crippen LogP contribution in [0.3, 0.4) is 0 Å². The fraction of sp³-hybridized carbons (Fsp3) is 0.0952. The Morgan fingerprint density at radius 2 is 1.88 bits per heavy atom. The maximum Gasteiger partial charge on any atom is 0.113 e. The van der Waals surface area contributed by atoms with Gasteiger partial charge >= 0.3 is 0 Å².